The summed E-state index contributed by atoms with van der Waals surface area (Å²) in [6.45, 7) is 4.31. The number of hydrogen-bond acceptors (Lipinski definition) is 3. The van der Waals surface area contributed by atoms with Crippen LogP contribution in [0.5, 0.6) is 0 Å². The fourth-order valence-corrected chi connectivity index (χ4v) is 4.18. The number of benzene rings is 3. The van der Waals surface area contributed by atoms with E-state index < -0.39 is 7.60 Å². The molecule has 0 saturated carbocycles. The minimum absolute atomic E-state index is 0.345. The van der Waals surface area contributed by atoms with Crippen molar-refractivity contribution in [2.75, 3.05) is 13.2 Å². The van der Waals surface area contributed by atoms with Crippen LogP contribution in [0.1, 0.15) is 19.4 Å². The third-order valence-corrected chi connectivity index (χ3v) is 5.61. The summed E-state index contributed by atoms with van der Waals surface area (Å²) < 4.78 is 23.5. The molecule has 0 unspecified atom stereocenters. The molecule has 4 heteroatoms. The fraction of sp³-hybridized carbons (Fsp3) is 0.200. The third-order valence-electron chi connectivity index (χ3n) is 3.85. The lowest BCUT2D eigenvalue weighted by Gasteiger charge is -2.13. The van der Waals surface area contributed by atoms with Crippen LogP contribution in [-0.2, 0) is 13.6 Å². The van der Waals surface area contributed by atoms with E-state index in [0.717, 1.165) is 27.1 Å². The van der Waals surface area contributed by atoms with E-state index in [-0.39, 0.29) is 0 Å². The molecule has 3 nitrogen and oxygen atoms in total. The summed E-state index contributed by atoms with van der Waals surface area (Å²) >= 11 is 0. The van der Waals surface area contributed by atoms with Gasteiger partial charge in [-0.15, -0.1) is 0 Å². The van der Waals surface area contributed by atoms with Gasteiger partial charge in [0.15, 0.2) is 0 Å². The molecule has 3 aromatic rings. The molecule has 3 rings (SSSR count). The predicted octanol–water partition coefficient (Wildman–Crippen LogP) is 6.23. The van der Waals surface area contributed by atoms with Crippen molar-refractivity contribution in [2.45, 2.75) is 13.8 Å². The van der Waals surface area contributed by atoms with Gasteiger partial charge in [0.05, 0.1) is 13.2 Å². The Kier molecular flexibility index (Phi) is 5.15. The molecule has 0 bridgehead atoms. The van der Waals surface area contributed by atoms with E-state index in [1.807, 2.05) is 44.2 Å². The first-order valence-electron chi connectivity index (χ1n) is 8.15. The van der Waals surface area contributed by atoms with Crippen LogP contribution in [0.4, 0.5) is 0 Å². The minimum Gasteiger partial charge on any atom is -0.306 e. The number of rotatable bonds is 6. The molecule has 0 aromatic heterocycles. The van der Waals surface area contributed by atoms with Gasteiger partial charge in [0, 0.05) is 5.82 Å². The molecule has 0 amide bonds. The Balaban J connectivity index is 2.19. The average molecular weight is 340 g/mol. The second kappa shape index (κ2) is 7.31. The molecule has 0 heterocycles. The normalized spacial score (nSPS) is 12.4. The summed E-state index contributed by atoms with van der Waals surface area (Å²) in [4.78, 5) is 0. The van der Waals surface area contributed by atoms with Crippen LogP contribution < -0.4 is 0 Å². The van der Waals surface area contributed by atoms with Crippen molar-refractivity contribution in [1.29, 1.82) is 0 Å². The van der Waals surface area contributed by atoms with Crippen LogP contribution in [-0.4, -0.2) is 13.2 Å². The summed E-state index contributed by atoms with van der Waals surface area (Å²) in [6.07, 6.45) is 1.87. The van der Waals surface area contributed by atoms with Crippen molar-refractivity contribution >= 4 is 35.2 Å². The van der Waals surface area contributed by atoms with Crippen LogP contribution in [0.3, 0.4) is 0 Å². The maximum atomic E-state index is 12.7. The highest BCUT2D eigenvalue weighted by Gasteiger charge is 2.19. The van der Waals surface area contributed by atoms with E-state index in [9.17, 15) is 4.57 Å². The van der Waals surface area contributed by atoms with Crippen LogP contribution in [0.25, 0.3) is 27.6 Å². The lowest BCUT2D eigenvalue weighted by molar-refractivity contribution is 0.229. The Morgan fingerprint density at radius 2 is 1.38 bits per heavy atom. The molecule has 0 fully saturated rings. The van der Waals surface area contributed by atoms with Crippen LogP contribution in [0, 0.1) is 0 Å². The zero-order valence-corrected chi connectivity index (χ0v) is 14.8. The van der Waals surface area contributed by atoms with Gasteiger partial charge in [0.25, 0.3) is 0 Å². The van der Waals surface area contributed by atoms with E-state index in [1.165, 1.54) is 0 Å². The van der Waals surface area contributed by atoms with Crippen LogP contribution in [0.2, 0.25) is 0 Å². The standard InChI is InChI=1S/C20H21O3P/c1-3-22-24(21,23-4-2)14-13-20-18-11-7-5-9-16(18)15-17-10-6-8-12-19(17)20/h5-15H,3-4H2,1-2H3/b14-13+. The first-order chi connectivity index (χ1) is 11.7. The molecule has 0 N–H and O–H groups in total. The molecule has 124 valence electrons. The summed E-state index contributed by atoms with van der Waals surface area (Å²) in [5.74, 6) is 1.58. The van der Waals surface area contributed by atoms with Gasteiger partial charge >= 0.3 is 7.60 Å². The van der Waals surface area contributed by atoms with E-state index in [1.54, 1.807) is 5.82 Å². The highest BCUT2D eigenvalue weighted by atomic mass is 31.2. The summed E-state index contributed by atoms with van der Waals surface area (Å²) in [5, 5.41) is 4.54. The second-order valence-electron chi connectivity index (χ2n) is 5.42. The molecule has 0 aliphatic rings. The summed E-state index contributed by atoms with van der Waals surface area (Å²) in [5.41, 5.74) is 1.03. The molecule has 0 aliphatic heterocycles. The molecule has 24 heavy (non-hydrogen) atoms. The largest absolute Gasteiger partial charge is 0.354 e. The first-order valence-corrected chi connectivity index (χ1v) is 9.76. The van der Waals surface area contributed by atoms with E-state index in [4.69, 9.17) is 9.05 Å². The number of hydrogen-bond donors (Lipinski definition) is 0. The van der Waals surface area contributed by atoms with E-state index in [2.05, 4.69) is 30.3 Å². The van der Waals surface area contributed by atoms with Crippen molar-refractivity contribution in [1.82, 2.24) is 0 Å². The Bertz CT molecular complexity index is 866. The molecule has 0 saturated heterocycles. The Hall–Kier alpha value is -1.93. The van der Waals surface area contributed by atoms with Gasteiger partial charge in [-0.05, 0) is 53.1 Å². The van der Waals surface area contributed by atoms with Crippen molar-refractivity contribution in [3.63, 3.8) is 0 Å². The van der Waals surface area contributed by atoms with E-state index in [0.29, 0.717) is 13.2 Å². The maximum Gasteiger partial charge on any atom is 0.354 e. The number of fused-ring (bicyclic) bond motifs is 2. The molecule has 0 spiro atoms. The maximum absolute atomic E-state index is 12.7. The third kappa shape index (κ3) is 3.44. The highest BCUT2D eigenvalue weighted by molar-refractivity contribution is 7.57. The van der Waals surface area contributed by atoms with Crippen LogP contribution >= 0.6 is 7.60 Å². The Morgan fingerprint density at radius 3 is 1.88 bits per heavy atom. The molecule has 0 radical (unpaired) electrons. The fourth-order valence-electron chi connectivity index (χ4n) is 2.88. The van der Waals surface area contributed by atoms with Gasteiger partial charge in [0.1, 0.15) is 0 Å². The zero-order valence-electron chi connectivity index (χ0n) is 13.9. The average Bonchev–Trinajstić information content (AvgIpc) is 2.59. The first kappa shape index (κ1) is 16.9. The smallest absolute Gasteiger partial charge is 0.306 e. The molecule has 0 atom stereocenters. The van der Waals surface area contributed by atoms with Crippen molar-refractivity contribution in [3.8, 4) is 0 Å². The van der Waals surface area contributed by atoms with Crippen molar-refractivity contribution in [2.24, 2.45) is 0 Å². The van der Waals surface area contributed by atoms with Gasteiger partial charge < -0.3 is 9.05 Å². The summed E-state index contributed by atoms with van der Waals surface area (Å²) in [6, 6.07) is 18.6. The van der Waals surface area contributed by atoms with Gasteiger partial charge in [-0.1, -0.05) is 48.5 Å². The minimum atomic E-state index is -3.22. The lowest BCUT2D eigenvalue weighted by Crippen LogP contribution is -1.92. The van der Waals surface area contributed by atoms with E-state index >= 15 is 0 Å². The monoisotopic (exact) mass is 340 g/mol. The highest BCUT2D eigenvalue weighted by Crippen LogP contribution is 2.50. The molecular formula is C20H21O3P. The SMILES string of the molecule is CCOP(=O)(/C=C/c1c2ccccc2cc2ccccc12)OCC. The van der Waals surface area contributed by atoms with Gasteiger partial charge in [-0.2, -0.15) is 0 Å². The zero-order chi connectivity index (χ0) is 17.0. The lowest BCUT2D eigenvalue weighted by atomic mass is 9.97. The van der Waals surface area contributed by atoms with Crippen LogP contribution in [0.15, 0.2) is 60.4 Å². The molecule has 0 aliphatic carbocycles. The Morgan fingerprint density at radius 1 is 0.875 bits per heavy atom. The van der Waals surface area contributed by atoms with Crippen molar-refractivity contribution in [3.05, 3.63) is 66.0 Å². The second-order valence-corrected chi connectivity index (χ2v) is 7.32. The van der Waals surface area contributed by atoms with Gasteiger partial charge in [-0.25, -0.2) is 0 Å². The molecule has 3 aromatic carbocycles. The topological polar surface area (TPSA) is 35.5 Å². The Labute approximate surface area is 142 Å². The summed E-state index contributed by atoms with van der Waals surface area (Å²) in [7, 11) is -3.22. The van der Waals surface area contributed by atoms with Gasteiger partial charge in [0.2, 0.25) is 0 Å². The quantitative estimate of drug-likeness (QED) is 0.394. The molecular weight excluding hydrogens is 319 g/mol. The van der Waals surface area contributed by atoms with Crippen molar-refractivity contribution < 1.29 is 13.6 Å². The van der Waals surface area contributed by atoms with Gasteiger partial charge in [-0.3, -0.25) is 4.57 Å². The predicted molar refractivity (Wildman–Crippen MR) is 101 cm³/mol.